The summed E-state index contributed by atoms with van der Waals surface area (Å²) < 4.78 is 0. The second-order valence-corrected chi connectivity index (χ2v) is 5.88. The van der Waals surface area contributed by atoms with Crippen molar-refractivity contribution in [2.45, 2.75) is 18.9 Å². The number of piperidine rings is 1. The van der Waals surface area contributed by atoms with Crippen LogP contribution in [0.4, 0.5) is 0 Å². The first kappa shape index (κ1) is 13.4. The van der Waals surface area contributed by atoms with E-state index in [-0.39, 0.29) is 6.04 Å². The molecule has 2 aromatic carbocycles. The van der Waals surface area contributed by atoms with Crippen molar-refractivity contribution in [2.75, 3.05) is 13.1 Å². The van der Waals surface area contributed by atoms with Crippen molar-refractivity contribution in [1.82, 2.24) is 25.5 Å². The van der Waals surface area contributed by atoms with Crippen LogP contribution in [0.25, 0.3) is 10.8 Å². The highest BCUT2D eigenvalue weighted by atomic mass is 15.6. The molecule has 5 nitrogen and oxygen atoms in total. The topological polar surface area (TPSA) is 55.6 Å². The van der Waals surface area contributed by atoms with Gasteiger partial charge in [-0.25, -0.2) is 0 Å². The summed E-state index contributed by atoms with van der Waals surface area (Å²) in [7, 11) is 0. The van der Waals surface area contributed by atoms with Gasteiger partial charge in [-0.05, 0) is 46.9 Å². The Balaban J connectivity index is 1.85. The van der Waals surface area contributed by atoms with Crippen LogP contribution >= 0.6 is 0 Å². The van der Waals surface area contributed by atoms with E-state index in [0.717, 1.165) is 13.1 Å². The van der Waals surface area contributed by atoms with Crippen molar-refractivity contribution in [3.05, 3.63) is 54.4 Å². The lowest BCUT2D eigenvalue weighted by Crippen LogP contribution is -2.36. The predicted octanol–water partition coefficient (Wildman–Crippen LogP) is 2.42. The second kappa shape index (κ2) is 5.85. The fourth-order valence-corrected chi connectivity index (χ4v) is 3.53. The van der Waals surface area contributed by atoms with Crippen LogP contribution in [0, 0.1) is 5.92 Å². The van der Waals surface area contributed by atoms with Gasteiger partial charge in [0.1, 0.15) is 6.04 Å². The Morgan fingerprint density at radius 1 is 1.14 bits per heavy atom. The zero-order valence-corrected chi connectivity index (χ0v) is 12.4. The molecule has 1 aliphatic rings. The molecule has 1 unspecified atom stereocenters. The molecule has 1 aliphatic heterocycles. The molecule has 22 heavy (non-hydrogen) atoms. The van der Waals surface area contributed by atoms with Crippen molar-refractivity contribution in [3.63, 3.8) is 0 Å². The zero-order chi connectivity index (χ0) is 14.8. The van der Waals surface area contributed by atoms with Crippen LogP contribution in [0.5, 0.6) is 0 Å². The minimum Gasteiger partial charge on any atom is -0.316 e. The number of aromatic nitrogens is 4. The highest BCUT2D eigenvalue weighted by Crippen LogP contribution is 2.34. The van der Waals surface area contributed by atoms with E-state index in [0.29, 0.717) is 5.92 Å². The Bertz CT molecular complexity index is 741. The molecule has 0 saturated carbocycles. The molecule has 1 fully saturated rings. The first-order valence-corrected chi connectivity index (χ1v) is 7.84. The minimum atomic E-state index is 0.126. The number of fused-ring (bicyclic) bond motifs is 1. The van der Waals surface area contributed by atoms with E-state index < -0.39 is 0 Å². The number of hydrogen-bond acceptors (Lipinski definition) is 4. The number of nitrogens with one attached hydrogen (secondary N) is 1. The van der Waals surface area contributed by atoms with E-state index in [1.165, 1.54) is 35.5 Å². The molecule has 0 radical (unpaired) electrons. The summed E-state index contributed by atoms with van der Waals surface area (Å²) in [5.74, 6) is 0.480. The smallest absolute Gasteiger partial charge is 0.162 e. The first-order valence-electron chi connectivity index (χ1n) is 7.84. The van der Waals surface area contributed by atoms with Gasteiger partial charge in [0.05, 0.1) is 0 Å². The lowest BCUT2D eigenvalue weighted by atomic mass is 9.85. The summed E-state index contributed by atoms with van der Waals surface area (Å²) in [6, 6.07) is 15.1. The maximum absolute atomic E-state index is 4.34. The summed E-state index contributed by atoms with van der Waals surface area (Å²) in [4.78, 5) is 1.78. The van der Waals surface area contributed by atoms with Gasteiger partial charge in [-0.3, -0.25) is 0 Å². The zero-order valence-electron chi connectivity index (χ0n) is 12.4. The van der Waals surface area contributed by atoms with Gasteiger partial charge in [0.15, 0.2) is 6.33 Å². The summed E-state index contributed by atoms with van der Waals surface area (Å²) in [5, 5.41) is 18.5. The lowest BCUT2D eigenvalue weighted by molar-refractivity contribution is 0.262. The number of nitrogens with zero attached hydrogens (tertiary/aromatic N) is 4. The van der Waals surface area contributed by atoms with Gasteiger partial charge in [0.25, 0.3) is 0 Å². The monoisotopic (exact) mass is 293 g/mol. The van der Waals surface area contributed by atoms with Crippen LogP contribution in [-0.2, 0) is 0 Å². The van der Waals surface area contributed by atoms with Crippen molar-refractivity contribution >= 4 is 10.8 Å². The van der Waals surface area contributed by atoms with Gasteiger partial charge in [0, 0.05) is 6.54 Å². The van der Waals surface area contributed by atoms with Gasteiger partial charge >= 0.3 is 0 Å². The average molecular weight is 293 g/mol. The third-order valence-electron chi connectivity index (χ3n) is 4.54. The van der Waals surface area contributed by atoms with Crippen LogP contribution < -0.4 is 5.32 Å². The molecule has 0 aliphatic carbocycles. The SMILES string of the molecule is c1ccc2c([C@@H](C3CCCNC3)n3ncnn3)cccc2c1. The van der Waals surface area contributed by atoms with Crippen molar-refractivity contribution in [1.29, 1.82) is 0 Å². The molecule has 1 saturated heterocycles. The predicted molar refractivity (Wildman–Crippen MR) is 85.5 cm³/mol. The highest BCUT2D eigenvalue weighted by molar-refractivity contribution is 5.86. The van der Waals surface area contributed by atoms with Gasteiger partial charge in [-0.1, -0.05) is 42.5 Å². The van der Waals surface area contributed by atoms with E-state index in [2.05, 4.69) is 63.2 Å². The minimum absolute atomic E-state index is 0.126. The summed E-state index contributed by atoms with van der Waals surface area (Å²) >= 11 is 0. The van der Waals surface area contributed by atoms with E-state index in [1.54, 1.807) is 4.80 Å². The van der Waals surface area contributed by atoms with E-state index in [9.17, 15) is 0 Å². The Morgan fingerprint density at radius 2 is 2.05 bits per heavy atom. The lowest BCUT2D eigenvalue weighted by Gasteiger charge is -2.30. The molecule has 1 aromatic heterocycles. The summed E-state index contributed by atoms with van der Waals surface area (Å²) in [6.45, 7) is 2.10. The number of benzene rings is 2. The normalized spacial score (nSPS) is 20.1. The highest BCUT2D eigenvalue weighted by Gasteiger charge is 2.29. The van der Waals surface area contributed by atoms with Gasteiger partial charge in [0.2, 0.25) is 0 Å². The third kappa shape index (κ3) is 2.37. The van der Waals surface area contributed by atoms with Crippen molar-refractivity contribution in [2.24, 2.45) is 5.92 Å². The Morgan fingerprint density at radius 3 is 2.86 bits per heavy atom. The van der Waals surface area contributed by atoms with Gasteiger partial charge in [-0.2, -0.15) is 4.80 Å². The van der Waals surface area contributed by atoms with Crippen LogP contribution in [0.2, 0.25) is 0 Å². The second-order valence-electron chi connectivity index (χ2n) is 5.88. The van der Waals surface area contributed by atoms with Crippen LogP contribution in [0.15, 0.2) is 48.8 Å². The molecular formula is C17H19N5. The molecule has 1 N–H and O–H groups in total. The molecule has 4 rings (SSSR count). The molecule has 112 valence electrons. The van der Waals surface area contributed by atoms with Crippen LogP contribution in [0.3, 0.4) is 0 Å². The fraction of sp³-hybridized carbons (Fsp3) is 0.353. The van der Waals surface area contributed by atoms with Crippen LogP contribution in [-0.4, -0.2) is 33.3 Å². The Hall–Kier alpha value is -2.27. The molecule has 2 heterocycles. The number of tetrazole rings is 1. The van der Waals surface area contributed by atoms with E-state index >= 15 is 0 Å². The molecular weight excluding hydrogens is 274 g/mol. The summed E-state index contributed by atoms with van der Waals surface area (Å²) in [5.41, 5.74) is 1.28. The molecule has 3 aromatic rings. The Labute approximate surface area is 129 Å². The quantitative estimate of drug-likeness (QED) is 0.806. The molecule has 0 bridgehead atoms. The maximum Gasteiger partial charge on any atom is 0.162 e. The average Bonchev–Trinajstić information content (AvgIpc) is 3.11. The van der Waals surface area contributed by atoms with Gasteiger partial charge in [-0.15, -0.1) is 10.2 Å². The first-order chi connectivity index (χ1) is 10.9. The van der Waals surface area contributed by atoms with Crippen molar-refractivity contribution < 1.29 is 0 Å². The van der Waals surface area contributed by atoms with E-state index in [4.69, 9.17) is 0 Å². The fourth-order valence-electron chi connectivity index (χ4n) is 3.53. The van der Waals surface area contributed by atoms with E-state index in [1.807, 2.05) is 0 Å². The van der Waals surface area contributed by atoms with Crippen LogP contribution in [0.1, 0.15) is 24.4 Å². The maximum atomic E-state index is 4.34. The van der Waals surface area contributed by atoms with Crippen molar-refractivity contribution in [3.8, 4) is 0 Å². The molecule has 0 spiro atoms. The molecule has 5 heteroatoms. The Kier molecular flexibility index (Phi) is 3.56. The summed E-state index contributed by atoms with van der Waals surface area (Å²) in [6.07, 6.45) is 3.90. The largest absolute Gasteiger partial charge is 0.316 e. The standard InChI is InChI=1S/C17H19N5/c1-2-8-15-13(5-1)6-3-9-16(15)17(22-20-12-19-21-22)14-7-4-10-18-11-14/h1-3,5-6,8-9,12,14,17-18H,4,7,10-11H2/t14?,17-/m1/s1. The third-order valence-corrected chi connectivity index (χ3v) is 4.54. The molecule has 0 amide bonds. The van der Waals surface area contributed by atoms with Gasteiger partial charge < -0.3 is 5.32 Å². The number of rotatable bonds is 3. The number of hydrogen-bond donors (Lipinski definition) is 1. The molecule has 2 atom stereocenters.